The summed E-state index contributed by atoms with van der Waals surface area (Å²) in [5.41, 5.74) is 0. The molecule has 1 saturated heterocycles. The number of nitrogens with one attached hydrogen (secondary N) is 1. The third-order valence-electron chi connectivity index (χ3n) is 1.70. The van der Waals surface area contributed by atoms with E-state index < -0.39 is 0 Å². The van der Waals surface area contributed by atoms with E-state index in [0.717, 1.165) is 0 Å². The van der Waals surface area contributed by atoms with E-state index in [9.17, 15) is 9.59 Å². The Kier molecular flexibility index (Phi) is 2.59. The van der Waals surface area contributed by atoms with Crippen molar-refractivity contribution in [2.75, 3.05) is 13.7 Å². The summed E-state index contributed by atoms with van der Waals surface area (Å²) in [5, 5.41) is 2.92. The summed E-state index contributed by atoms with van der Waals surface area (Å²) in [5.74, 6) is -0.101. The first kappa shape index (κ1) is 8.20. The fraction of sp³-hybridized carbons (Fsp3) is 0.714. The Morgan fingerprint density at radius 3 is 3.00 bits per heavy atom. The van der Waals surface area contributed by atoms with E-state index in [0.29, 0.717) is 19.4 Å². The molecule has 1 aliphatic rings. The molecular formula is C7H11NO3. The summed E-state index contributed by atoms with van der Waals surface area (Å²) < 4.78 is 4.46. The maximum atomic E-state index is 10.7. The van der Waals surface area contributed by atoms with Gasteiger partial charge in [-0.3, -0.25) is 9.59 Å². The van der Waals surface area contributed by atoms with Crippen LogP contribution in [0.5, 0.6) is 0 Å². The highest BCUT2D eigenvalue weighted by Gasteiger charge is 2.23. The fourth-order valence-electron chi connectivity index (χ4n) is 1.11. The first-order valence-electron chi connectivity index (χ1n) is 3.54. The van der Waals surface area contributed by atoms with Crippen molar-refractivity contribution in [2.45, 2.75) is 18.9 Å². The topological polar surface area (TPSA) is 55.4 Å². The average molecular weight is 157 g/mol. The molecule has 0 unspecified atom stereocenters. The molecule has 1 atom stereocenters. The van der Waals surface area contributed by atoms with Gasteiger partial charge in [0.1, 0.15) is 5.78 Å². The van der Waals surface area contributed by atoms with Crippen LogP contribution in [0.3, 0.4) is 0 Å². The quantitative estimate of drug-likeness (QED) is 0.548. The van der Waals surface area contributed by atoms with Crippen LogP contribution in [-0.4, -0.2) is 31.4 Å². The van der Waals surface area contributed by atoms with Gasteiger partial charge in [-0.25, -0.2) is 0 Å². The van der Waals surface area contributed by atoms with Crippen LogP contribution in [0.15, 0.2) is 0 Å². The predicted molar refractivity (Wildman–Crippen MR) is 38.0 cm³/mol. The first-order valence-corrected chi connectivity index (χ1v) is 3.54. The summed E-state index contributed by atoms with van der Waals surface area (Å²) >= 11 is 0. The average Bonchev–Trinajstić information content (AvgIpc) is 2.35. The third kappa shape index (κ3) is 2.31. The maximum Gasteiger partial charge on any atom is 0.307 e. The van der Waals surface area contributed by atoms with Crippen molar-refractivity contribution in [1.82, 2.24) is 5.32 Å². The van der Waals surface area contributed by atoms with Gasteiger partial charge in [0.05, 0.1) is 20.1 Å². The van der Waals surface area contributed by atoms with E-state index in [1.54, 1.807) is 0 Å². The van der Waals surface area contributed by atoms with Gasteiger partial charge in [-0.15, -0.1) is 0 Å². The van der Waals surface area contributed by atoms with Crippen molar-refractivity contribution in [3.63, 3.8) is 0 Å². The lowest BCUT2D eigenvalue weighted by molar-refractivity contribution is -0.141. The fourth-order valence-corrected chi connectivity index (χ4v) is 1.11. The second-order valence-electron chi connectivity index (χ2n) is 2.60. The van der Waals surface area contributed by atoms with Gasteiger partial charge in [0.25, 0.3) is 0 Å². The van der Waals surface area contributed by atoms with E-state index in [4.69, 9.17) is 0 Å². The Balaban J connectivity index is 2.28. The van der Waals surface area contributed by atoms with Crippen LogP contribution in [0.4, 0.5) is 0 Å². The van der Waals surface area contributed by atoms with Gasteiger partial charge in [0.2, 0.25) is 0 Å². The van der Waals surface area contributed by atoms with Crippen LogP contribution in [0.1, 0.15) is 12.8 Å². The molecule has 4 heteroatoms. The molecule has 0 aliphatic carbocycles. The molecule has 0 amide bonds. The number of ketones is 1. The summed E-state index contributed by atoms with van der Waals surface area (Å²) in [6.07, 6.45) is 0.747. The normalized spacial score (nSPS) is 23.7. The lowest BCUT2D eigenvalue weighted by Gasteiger charge is -2.05. The molecule has 0 bridgehead atoms. The molecule has 0 radical (unpaired) electrons. The zero-order valence-corrected chi connectivity index (χ0v) is 6.42. The summed E-state index contributed by atoms with van der Waals surface area (Å²) in [6.45, 7) is 0.391. The zero-order chi connectivity index (χ0) is 8.27. The van der Waals surface area contributed by atoms with Gasteiger partial charge in [0, 0.05) is 12.5 Å². The molecule has 0 spiro atoms. The number of rotatable bonds is 2. The van der Waals surface area contributed by atoms with Crippen LogP contribution in [0, 0.1) is 0 Å². The number of hydrogen-bond donors (Lipinski definition) is 1. The molecule has 1 rings (SSSR count). The van der Waals surface area contributed by atoms with Crippen molar-refractivity contribution in [3.05, 3.63) is 0 Å². The molecule has 62 valence electrons. The van der Waals surface area contributed by atoms with Gasteiger partial charge in [-0.2, -0.15) is 0 Å². The Morgan fingerprint density at radius 1 is 1.82 bits per heavy atom. The van der Waals surface area contributed by atoms with Crippen molar-refractivity contribution in [3.8, 4) is 0 Å². The predicted octanol–water partition coefficient (Wildman–Crippen LogP) is -0.520. The van der Waals surface area contributed by atoms with E-state index in [1.807, 2.05) is 0 Å². The number of esters is 1. The van der Waals surface area contributed by atoms with E-state index in [1.165, 1.54) is 7.11 Å². The molecule has 1 aliphatic heterocycles. The second-order valence-corrected chi connectivity index (χ2v) is 2.60. The lowest BCUT2D eigenvalue weighted by atomic mass is 10.1. The third-order valence-corrected chi connectivity index (χ3v) is 1.70. The van der Waals surface area contributed by atoms with Crippen LogP contribution < -0.4 is 5.32 Å². The number of ether oxygens (including phenoxy) is 1. The lowest BCUT2D eigenvalue weighted by Crippen LogP contribution is -2.24. The number of carbonyl (C=O) groups excluding carboxylic acids is 2. The Hall–Kier alpha value is -0.900. The SMILES string of the molecule is COC(=O)C[C@H]1CC(=O)CN1. The van der Waals surface area contributed by atoms with Crippen molar-refractivity contribution < 1.29 is 14.3 Å². The number of Topliss-reactive ketones (excluding diaryl/α,β-unsaturated/α-hetero) is 1. The molecule has 0 saturated carbocycles. The molecule has 0 aromatic heterocycles. The van der Waals surface area contributed by atoms with Crippen molar-refractivity contribution in [2.24, 2.45) is 0 Å². The van der Waals surface area contributed by atoms with E-state index in [2.05, 4.69) is 10.1 Å². The Labute approximate surface area is 64.9 Å². The minimum Gasteiger partial charge on any atom is -0.469 e. The Morgan fingerprint density at radius 2 is 2.55 bits per heavy atom. The number of methoxy groups -OCH3 is 1. The van der Waals surface area contributed by atoms with Gasteiger partial charge in [-0.05, 0) is 0 Å². The molecule has 0 aromatic carbocycles. The van der Waals surface area contributed by atoms with Gasteiger partial charge >= 0.3 is 5.97 Å². The second kappa shape index (κ2) is 3.48. The molecule has 11 heavy (non-hydrogen) atoms. The molecule has 1 N–H and O–H groups in total. The standard InChI is InChI=1S/C7H11NO3/c1-11-7(10)3-5-2-6(9)4-8-5/h5,8H,2-4H2,1H3/t5-/m1/s1. The monoisotopic (exact) mass is 157 g/mol. The Bertz CT molecular complexity index is 179. The van der Waals surface area contributed by atoms with Crippen molar-refractivity contribution in [1.29, 1.82) is 0 Å². The highest BCUT2D eigenvalue weighted by molar-refractivity contribution is 5.84. The molecule has 1 fully saturated rings. The van der Waals surface area contributed by atoms with E-state index >= 15 is 0 Å². The summed E-state index contributed by atoms with van der Waals surface area (Å²) in [4.78, 5) is 21.4. The van der Waals surface area contributed by atoms with Crippen LogP contribution in [0.25, 0.3) is 0 Å². The first-order chi connectivity index (χ1) is 5.22. The van der Waals surface area contributed by atoms with Crippen LogP contribution in [-0.2, 0) is 14.3 Å². The molecular weight excluding hydrogens is 146 g/mol. The molecule has 0 aromatic rings. The zero-order valence-electron chi connectivity index (χ0n) is 6.42. The van der Waals surface area contributed by atoms with Crippen LogP contribution >= 0.6 is 0 Å². The van der Waals surface area contributed by atoms with Gasteiger partial charge in [-0.1, -0.05) is 0 Å². The largest absolute Gasteiger partial charge is 0.469 e. The smallest absolute Gasteiger partial charge is 0.307 e. The van der Waals surface area contributed by atoms with Gasteiger partial charge in [0.15, 0.2) is 0 Å². The summed E-state index contributed by atoms with van der Waals surface area (Å²) in [6, 6.07) is -0.00468. The highest BCUT2D eigenvalue weighted by Crippen LogP contribution is 2.05. The number of hydrogen-bond acceptors (Lipinski definition) is 4. The van der Waals surface area contributed by atoms with Crippen LogP contribution in [0.2, 0.25) is 0 Å². The molecule has 1 heterocycles. The minimum atomic E-state index is -0.266. The van der Waals surface area contributed by atoms with E-state index in [-0.39, 0.29) is 17.8 Å². The maximum absolute atomic E-state index is 10.7. The highest BCUT2D eigenvalue weighted by atomic mass is 16.5. The number of carbonyl (C=O) groups is 2. The van der Waals surface area contributed by atoms with Gasteiger partial charge < -0.3 is 10.1 Å². The minimum absolute atomic E-state index is 0.00468. The summed E-state index contributed by atoms with van der Waals surface area (Å²) in [7, 11) is 1.35. The molecule has 4 nitrogen and oxygen atoms in total. The van der Waals surface area contributed by atoms with Crippen molar-refractivity contribution >= 4 is 11.8 Å².